The van der Waals surface area contributed by atoms with Crippen LogP contribution in [0.4, 0.5) is 0 Å². The maximum Gasteiger partial charge on any atom is 0.340 e. The SMILES string of the molecule is CCOC(=O)c1c(C)[nH]c(C(=O)COC(=O)CCCNC(=O)c2ccsc2)c1C. The number of amides is 1. The molecule has 29 heavy (non-hydrogen) atoms. The van der Waals surface area contributed by atoms with Crippen LogP contribution in [0.5, 0.6) is 0 Å². The summed E-state index contributed by atoms with van der Waals surface area (Å²) in [6.45, 7) is 5.15. The van der Waals surface area contributed by atoms with Gasteiger partial charge in [0.25, 0.3) is 5.91 Å². The molecule has 2 N–H and O–H groups in total. The number of ether oxygens (including phenoxy) is 2. The van der Waals surface area contributed by atoms with Crippen LogP contribution in [0.25, 0.3) is 0 Å². The van der Waals surface area contributed by atoms with Gasteiger partial charge in [-0.25, -0.2) is 4.79 Å². The van der Waals surface area contributed by atoms with Crippen molar-refractivity contribution in [3.63, 3.8) is 0 Å². The van der Waals surface area contributed by atoms with Crippen molar-refractivity contribution in [1.29, 1.82) is 0 Å². The first-order chi connectivity index (χ1) is 13.8. The summed E-state index contributed by atoms with van der Waals surface area (Å²) >= 11 is 1.43. The molecule has 0 unspecified atom stereocenters. The number of Topliss-reactive ketones (excluding diaryl/α,β-unsaturated/α-hetero) is 1. The molecular formula is C20H24N2O6S. The Morgan fingerprint density at radius 3 is 2.59 bits per heavy atom. The highest BCUT2D eigenvalue weighted by Gasteiger charge is 2.23. The summed E-state index contributed by atoms with van der Waals surface area (Å²) in [5.74, 6) is -1.65. The zero-order chi connectivity index (χ0) is 21.4. The van der Waals surface area contributed by atoms with Crippen LogP contribution < -0.4 is 5.32 Å². The second-order valence-electron chi connectivity index (χ2n) is 6.30. The van der Waals surface area contributed by atoms with Gasteiger partial charge in [0.05, 0.1) is 17.9 Å². The Morgan fingerprint density at radius 2 is 1.93 bits per heavy atom. The summed E-state index contributed by atoms with van der Waals surface area (Å²) < 4.78 is 10.0. The second kappa shape index (κ2) is 10.6. The van der Waals surface area contributed by atoms with Crippen LogP contribution in [-0.4, -0.2) is 48.4 Å². The fourth-order valence-electron chi connectivity index (χ4n) is 2.76. The number of thiophene rings is 1. The fourth-order valence-corrected chi connectivity index (χ4v) is 3.39. The largest absolute Gasteiger partial charge is 0.462 e. The summed E-state index contributed by atoms with van der Waals surface area (Å²) in [7, 11) is 0. The van der Waals surface area contributed by atoms with E-state index >= 15 is 0 Å². The van der Waals surface area contributed by atoms with Gasteiger partial charge in [-0.1, -0.05) is 0 Å². The maximum absolute atomic E-state index is 12.4. The van der Waals surface area contributed by atoms with Gasteiger partial charge in [-0.15, -0.1) is 0 Å². The van der Waals surface area contributed by atoms with E-state index in [4.69, 9.17) is 9.47 Å². The molecule has 0 bridgehead atoms. The molecule has 0 aromatic carbocycles. The number of aryl methyl sites for hydroxylation is 1. The first-order valence-corrected chi connectivity index (χ1v) is 10.1. The summed E-state index contributed by atoms with van der Waals surface area (Å²) in [4.78, 5) is 50.8. The van der Waals surface area contributed by atoms with Gasteiger partial charge in [-0.3, -0.25) is 14.4 Å². The van der Waals surface area contributed by atoms with E-state index in [1.54, 1.807) is 32.2 Å². The number of hydrogen-bond acceptors (Lipinski definition) is 7. The molecule has 0 aliphatic heterocycles. The second-order valence-corrected chi connectivity index (χ2v) is 7.08. The molecule has 156 valence electrons. The van der Waals surface area contributed by atoms with Crippen molar-refractivity contribution >= 4 is 35.0 Å². The predicted octanol–water partition coefficient (Wildman–Crippen LogP) is 2.81. The van der Waals surface area contributed by atoms with Crippen molar-refractivity contribution in [2.24, 2.45) is 0 Å². The zero-order valence-corrected chi connectivity index (χ0v) is 17.4. The van der Waals surface area contributed by atoms with Crippen molar-refractivity contribution in [2.75, 3.05) is 19.8 Å². The van der Waals surface area contributed by atoms with Gasteiger partial charge in [-0.05, 0) is 44.2 Å². The van der Waals surface area contributed by atoms with Crippen molar-refractivity contribution in [3.8, 4) is 0 Å². The first-order valence-electron chi connectivity index (χ1n) is 9.20. The highest BCUT2D eigenvalue weighted by molar-refractivity contribution is 7.08. The number of carbonyl (C=O) groups excluding carboxylic acids is 4. The third-order valence-corrected chi connectivity index (χ3v) is 4.87. The number of aromatic nitrogens is 1. The molecule has 2 aromatic rings. The standard InChI is InChI=1S/C20H24N2O6S/c1-4-27-20(26)17-12(2)18(22-13(17)3)15(23)10-28-16(24)6-5-8-21-19(25)14-7-9-29-11-14/h7,9,11,22H,4-6,8,10H2,1-3H3,(H,21,25). The molecule has 0 spiro atoms. The van der Waals surface area contributed by atoms with E-state index < -0.39 is 24.3 Å². The number of aromatic amines is 1. The van der Waals surface area contributed by atoms with Crippen molar-refractivity contribution in [1.82, 2.24) is 10.3 Å². The Labute approximate surface area is 172 Å². The average Bonchev–Trinajstić information content (AvgIpc) is 3.31. The van der Waals surface area contributed by atoms with Crippen LogP contribution in [0.3, 0.4) is 0 Å². The number of esters is 2. The van der Waals surface area contributed by atoms with E-state index in [0.717, 1.165) is 0 Å². The number of nitrogens with one attached hydrogen (secondary N) is 2. The number of rotatable bonds is 10. The molecule has 2 rings (SSSR count). The number of hydrogen-bond donors (Lipinski definition) is 2. The highest BCUT2D eigenvalue weighted by Crippen LogP contribution is 2.19. The zero-order valence-electron chi connectivity index (χ0n) is 16.6. The first kappa shape index (κ1) is 22.4. The Hall–Kier alpha value is -2.94. The molecule has 2 heterocycles. The molecule has 8 nitrogen and oxygen atoms in total. The lowest BCUT2D eigenvalue weighted by molar-refractivity contribution is -0.142. The Bertz CT molecular complexity index is 885. The van der Waals surface area contributed by atoms with Gasteiger partial charge < -0.3 is 19.8 Å². The van der Waals surface area contributed by atoms with Crippen LogP contribution in [0, 0.1) is 13.8 Å². The summed E-state index contributed by atoms with van der Waals surface area (Å²) in [5.41, 5.74) is 2.13. The molecule has 0 radical (unpaired) electrons. The molecule has 0 aliphatic carbocycles. The Balaban J connectivity index is 1.77. The van der Waals surface area contributed by atoms with Gasteiger partial charge in [-0.2, -0.15) is 11.3 Å². The van der Waals surface area contributed by atoms with Crippen molar-refractivity contribution < 1.29 is 28.7 Å². The molecule has 1 amide bonds. The lowest BCUT2D eigenvalue weighted by Gasteiger charge is -2.06. The maximum atomic E-state index is 12.4. The van der Waals surface area contributed by atoms with E-state index in [1.807, 2.05) is 5.38 Å². The van der Waals surface area contributed by atoms with Gasteiger partial charge in [0, 0.05) is 29.6 Å². The highest BCUT2D eigenvalue weighted by atomic mass is 32.1. The van der Waals surface area contributed by atoms with Gasteiger partial charge in [0.2, 0.25) is 5.78 Å². The van der Waals surface area contributed by atoms with Crippen LogP contribution in [0.15, 0.2) is 16.8 Å². The minimum absolute atomic E-state index is 0.0774. The summed E-state index contributed by atoms with van der Waals surface area (Å²) in [6, 6.07) is 1.72. The molecule has 0 saturated heterocycles. The Morgan fingerprint density at radius 1 is 1.17 bits per heavy atom. The molecular weight excluding hydrogens is 396 g/mol. The van der Waals surface area contributed by atoms with Crippen LogP contribution in [-0.2, 0) is 14.3 Å². The van der Waals surface area contributed by atoms with E-state index in [0.29, 0.717) is 35.3 Å². The third-order valence-electron chi connectivity index (χ3n) is 4.19. The van der Waals surface area contributed by atoms with Crippen LogP contribution >= 0.6 is 11.3 Å². The quantitative estimate of drug-likeness (QED) is 0.347. The number of carbonyl (C=O) groups is 4. The molecule has 2 aromatic heterocycles. The Kier molecular flexibility index (Phi) is 8.14. The minimum Gasteiger partial charge on any atom is -0.462 e. The normalized spacial score (nSPS) is 10.4. The van der Waals surface area contributed by atoms with Crippen LogP contribution in [0.1, 0.15) is 62.2 Å². The van der Waals surface area contributed by atoms with E-state index in [2.05, 4.69) is 10.3 Å². The smallest absolute Gasteiger partial charge is 0.340 e. The van der Waals surface area contributed by atoms with E-state index in [-0.39, 0.29) is 24.6 Å². The topological polar surface area (TPSA) is 115 Å². The van der Waals surface area contributed by atoms with E-state index in [9.17, 15) is 19.2 Å². The lowest BCUT2D eigenvalue weighted by Crippen LogP contribution is -2.24. The van der Waals surface area contributed by atoms with Crippen molar-refractivity contribution in [2.45, 2.75) is 33.6 Å². The van der Waals surface area contributed by atoms with Crippen LogP contribution in [0.2, 0.25) is 0 Å². The molecule has 0 saturated carbocycles. The summed E-state index contributed by atoms with van der Waals surface area (Å²) in [5, 5.41) is 6.27. The minimum atomic E-state index is -0.533. The van der Waals surface area contributed by atoms with E-state index in [1.165, 1.54) is 11.3 Å². The fraction of sp³-hybridized carbons (Fsp3) is 0.400. The van der Waals surface area contributed by atoms with Gasteiger partial charge in [0.1, 0.15) is 0 Å². The molecule has 0 fully saturated rings. The lowest BCUT2D eigenvalue weighted by atomic mass is 10.1. The molecule has 9 heteroatoms. The number of H-pyrrole nitrogens is 1. The predicted molar refractivity (Wildman–Crippen MR) is 107 cm³/mol. The monoisotopic (exact) mass is 420 g/mol. The number of ketones is 1. The van der Waals surface area contributed by atoms with Gasteiger partial charge in [0.15, 0.2) is 6.61 Å². The van der Waals surface area contributed by atoms with Gasteiger partial charge >= 0.3 is 11.9 Å². The summed E-state index contributed by atoms with van der Waals surface area (Å²) in [6.07, 6.45) is 0.477. The van der Waals surface area contributed by atoms with Crippen molar-refractivity contribution in [3.05, 3.63) is 44.9 Å². The molecule has 0 atom stereocenters. The average molecular weight is 420 g/mol. The third kappa shape index (κ3) is 6.02. The molecule has 0 aliphatic rings.